The van der Waals surface area contributed by atoms with E-state index >= 15 is 0 Å². The lowest BCUT2D eigenvalue weighted by Gasteiger charge is -2.27. The molecular formula is C28H35F3N4O3. The SMILES string of the molecule is CCOC(=O)Cc1ccc(OC)c(-c2ccc(C(F)(F)F)cc2CN(CC)C(=NCC(C)(C)C)NC#N)c1. The van der Waals surface area contributed by atoms with Crippen molar-refractivity contribution in [3.05, 3.63) is 53.1 Å². The number of guanidine groups is 1. The molecule has 0 aliphatic heterocycles. The van der Waals surface area contributed by atoms with Crippen LogP contribution in [-0.4, -0.2) is 43.6 Å². The normalized spacial score (nSPS) is 12.1. The van der Waals surface area contributed by atoms with Gasteiger partial charge in [-0.25, -0.2) is 0 Å². The molecule has 0 aliphatic rings. The van der Waals surface area contributed by atoms with Crippen LogP contribution in [0, 0.1) is 16.9 Å². The highest BCUT2D eigenvalue weighted by Crippen LogP contribution is 2.38. The Morgan fingerprint density at radius 1 is 1.11 bits per heavy atom. The molecule has 0 amide bonds. The number of carbonyl (C=O) groups is 1. The van der Waals surface area contributed by atoms with E-state index in [1.165, 1.54) is 13.2 Å². The molecule has 38 heavy (non-hydrogen) atoms. The summed E-state index contributed by atoms with van der Waals surface area (Å²) in [6, 6.07) is 8.64. The van der Waals surface area contributed by atoms with Gasteiger partial charge in [0.25, 0.3) is 0 Å². The van der Waals surface area contributed by atoms with Crippen molar-refractivity contribution in [3.8, 4) is 23.1 Å². The molecule has 0 heterocycles. The standard InChI is InChI=1S/C28H35F3N4O3/c1-7-35(26(34-18-32)33-17-27(3,4)5)16-20-15-21(28(29,30)31)10-11-22(20)23-13-19(9-12-24(23)37-6)14-25(36)38-8-2/h9-13,15H,7-8,14,16-17H2,1-6H3,(H,33,34). The Labute approximate surface area is 222 Å². The third-order valence-electron chi connectivity index (χ3n) is 5.55. The van der Waals surface area contributed by atoms with Crippen LogP contribution in [0.1, 0.15) is 51.3 Å². The minimum absolute atomic E-state index is 0.0115. The van der Waals surface area contributed by atoms with Gasteiger partial charge < -0.3 is 14.4 Å². The van der Waals surface area contributed by atoms with Crippen LogP contribution in [0.4, 0.5) is 13.2 Å². The number of nitrogens with zero attached hydrogens (tertiary/aromatic N) is 3. The summed E-state index contributed by atoms with van der Waals surface area (Å²) in [5.41, 5.74) is 1.08. The van der Waals surface area contributed by atoms with E-state index < -0.39 is 17.7 Å². The third-order valence-corrected chi connectivity index (χ3v) is 5.55. The second kappa shape index (κ2) is 13.2. The third kappa shape index (κ3) is 8.68. The summed E-state index contributed by atoms with van der Waals surface area (Å²) in [5, 5.41) is 11.9. The Kier molecular flexibility index (Phi) is 10.6. The maximum absolute atomic E-state index is 13.7. The quantitative estimate of drug-likeness (QED) is 0.145. The lowest BCUT2D eigenvalue weighted by atomic mass is 9.94. The Morgan fingerprint density at radius 2 is 1.82 bits per heavy atom. The van der Waals surface area contributed by atoms with E-state index in [1.807, 2.05) is 33.9 Å². The number of benzene rings is 2. The fourth-order valence-electron chi connectivity index (χ4n) is 3.74. The molecular weight excluding hydrogens is 497 g/mol. The van der Waals surface area contributed by atoms with Gasteiger partial charge in [0.2, 0.25) is 5.96 Å². The van der Waals surface area contributed by atoms with Crippen molar-refractivity contribution in [2.24, 2.45) is 10.4 Å². The van der Waals surface area contributed by atoms with E-state index in [0.717, 1.165) is 12.1 Å². The first-order valence-electron chi connectivity index (χ1n) is 12.3. The molecule has 0 aromatic heterocycles. The highest BCUT2D eigenvalue weighted by molar-refractivity contribution is 5.82. The van der Waals surface area contributed by atoms with E-state index in [-0.39, 0.29) is 30.9 Å². The molecule has 2 rings (SSSR count). The highest BCUT2D eigenvalue weighted by Gasteiger charge is 2.31. The van der Waals surface area contributed by atoms with E-state index in [2.05, 4.69) is 10.3 Å². The van der Waals surface area contributed by atoms with Gasteiger partial charge in [-0.05, 0) is 60.2 Å². The predicted molar refractivity (Wildman–Crippen MR) is 140 cm³/mol. The van der Waals surface area contributed by atoms with Gasteiger partial charge in [0.15, 0.2) is 6.19 Å². The molecule has 206 valence electrons. The summed E-state index contributed by atoms with van der Waals surface area (Å²) in [5.74, 6) is 0.311. The summed E-state index contributed by atoms with van der Waals surface area (Å²) in [7, 11) is 1.47. The molecule has 0 atom stereocenters. The number of alkyl halides is 3. The zero-order chi connectivity index (χ0) is 28.5. The van der Waals surface area contributed by atoms with Gasteiger partial charge in [0.1, 0.15) is 5.75 Å². The maximum atomic E-state index is 13.7. The predicted octanol–water partition coefficient (Wildman–Crippen LogP) is 5.78. The summed E-state index contributed by atoms with van der Waals surface area (Å²) in [6.45, 7) is 10.6. The number of methoxy groups -OCH3 is 1. The van der Waals surface area contributed by atoms with E-state index in [0.29, 0.717) is 41.1 Å². The van der Waals surface area contributed by atoms with Crippen LogP contribution in [0.2, 0.25) is 0 Å². The van der Waals surface area contributed by atoms with Gasteiger partial charge in [0, 0.05) is 25.2 Å². The first kappa shape index (κ1) is 30.5. The van der Waals surface area contributed by atoms with Crippen molar-refractivity contribution in [1.29, 1.82) is 5.26 Å². The number of nitrogens with one attached hydrogen (secondary N) is 1. The number of esters is 1. The molecule has 10 heteroatoms. The number of rotatable bonds is 9. The van der Waals surface area contributed by atoms with E-state index in [1.54, 1.807) is 30.0 Å². The average molecular weight is 533 g/mol. The van der Waals surface area contributed by atoms with Gasteiger partial charge in [-0.15, -0.1) is 0 Å². The van der Waals surface area contributed by atoms with Crippen molar-refractivity contribution < 1.29 is 27.4 Å². The number of nitriles is 1. The smallest absolute Gasteiger partial charge is 0.416 e. The fourth-order valence-corrected chi connectivity index (χ4v) is 3.74. The van der Waals surface area contributed by atoms with Crippen molar-refractivity contribution >= 4 is 11.9 Å². The molecule has 0 saturated carbocycles. The zero-order valence-electron chi connectivity index (χ0n) is 22.7. The van der Waals surface area contributed by atoms with Crippen LogP contribution >= 0.6 is 0 Å². The van der Waals surface area contributed by atoms with Crippen LogP contribution in [0.3, 0.4) is 0 Å². The van der Waals surface area contributed by atoms with Gasteiger partial charge in [0.05, 0.1) is 25.7 Å². The van der Waals surface area contributed by atoms with Crippen molar-refractivity contribution in [2.75, 3.05) is 26.8 Å². The molecule has 0 aliphatic carbocycles. The zero-order valence-corrected chi connectivity index (χ0v) is 22.7. The fraction of sp³-hybridized carbons (Fsp3) is 0.464. The molecule has 7 nitrogen and oxygen atoms in total. The Balaban J connectivity index is 2.65. The average Bonchev–Trinajstić information content (AvgIpc) is 2.84. The molecule has 1 N–H and O–H groups in total. The molecule has 0 bridgehead atoms. The minimum atomic E-state index is -4.55. The first-order chi connectivity index (χ1) is 17.8. The lowest BCUT2D eigenvalue weighted by molar-refractivity contribution is -0.142. The maximum Gasteiger partial charge on any atom is 0.416 e. The van der Waals surface area contributed by atoms with Crippen molar-refractivity contribution in [1.82, 2.24) is 10.2 Å². The minimum Gasteiger partial charge on any atom is -0.496 e. The van der Waals surface area contributed by atoms with E-state index in [4.69, 9.17) is 9.47 Å². The van der Waals surface area contributed by atoms with Gasteiger partial charge >= 0.3 is 12.1 Å². The second-order valence-electron chi connectivity index (χ2n) is 9.84. The topological polar surface area (TPSA) is 87.0 Å². The second-order valence-corrected chi connectivity index (χ2v) is 9.84. The number of hydrogen-bond acceptors (Lipinski definition) is 5. The number of aliphatic imine (C=N–C) groups is 1. The molecule has 0 saturated heterocycles. The number of ether oxygens (including phenoxy) is 2. The Hall–Kier alpha value is -3.74. The Morgan fingerprint density at radius 3 is 2.37 bits per heavy atom. The lowest BCUT2D eigenvalue weighted by Crippen LogP contribution is -2.39. The molecule has 2 aromatic carbocycles. The first-order valence-corrected chi connectivity index (χ1v) is 12.3. The monoisotopic (exact) mass is 532 g/mol. The van der Waals surface area contributed by atoms with Crippen LogP contribution in [0.5, 0.6) is 5.75 Å². The van der Waals surface area contributed by atoms with Crippen molar-refractivity contribution in [3.63, 3.8) is 0 Å². The summed E-state index contributed by atoms with van der Waals surface area (Å²) in [4.78, 5) is 18.3. The van der Waals surface area contributed by atoms with Gasteiger partial charge in [-0.3, -0.25) is 15.1 Å². The number of hydrogen-bond donors (Lipinski definition) is 1. The highest BCUT2D eigenvalue weighted by atomic mass is 19.4. The molecule has 0 fully saturated rings. The largest absolute Gasteiger partial charge is 0.496 e. The van der Waals surface area contributed by atoms with Crippen LogP contribution in [0.15, 0.2) is 41.4 Å². The summed E-state index contributed by atoms with van der Waals surface area (Å²) in [6.07, 6.45) is -2.66. The molecule has 2 aromatic rings. The van der Waals surface area contributed by atoms with Gasteiger partial charge in [-0.2, -0.15) is 18.4 Å². The molecule has 0 unspecified atom stereocenters. The van der Waals surface area contributed by atoms with Crippen LogP contribution in [-0.2, 0) is 28.7 Å². The summed E-state index contributed by atoms with van der Waals surface area (Å²) >= 11 is 0. The Bertz CT molecular complexity index is 1180. The van der Waals surface area contributed by atoms with Crippen LogP contribution in [0.25, 0.3) is 11.1 Å². The van der Waals surface area contributed by atoms with E-state index in [9.17, 15) is 23.2 Å². The molecule has 0 radical (unpaired) electrons. The van der Waals surface area contributed by atoms with Crippen LogP contribution < -0.4 is 10.1 Å². The molecule has 0 spiro atoms. The number of carbonyl (C=O) groups excluding carboxylic acids is 1. The van der Waals surface area contributed by atoms with Crippen molar-refractivity contribution in [2.45, 2.75) is 53.8 Å². The van der Waals surface area contributed by atoms with Gasteiger partial charge in [-0.1, -0.05) is 32.9 Å². The number of halogens is 3. The summed E-state index contributed by atoms with van der Waals surface area (Å²) < 4.78 is 51.7.